The standard InChI is InChI=1S/C22H30N4O5/c1-14(21(29)26-12-6-10-18(26)22(30)31)24-20(28)17(13-15-7-3-2-4-8-15)25-19(27)16-9-5-11-23-16/h2-4,7-8,14,16-18,23H,5-6,9-13H2,1H3,(H,24,28)(H,25,27)(H,30,31). The lowest BCUT2D eigenvalue weighted by atomic mass is 10.0. The van der Waals surface area contributed by atoms with E-state index in [0.29, 0.717) is 25.8 Å². The molecule has 4 N–H and O–H groups in total. The zero-order chi connectivity index (χ0) is 22.4. The van der Waals surface area contributed by atoms with Crippen LogP contribution in [0.25, 0.3) is 0 Å². The van der Waals surface area contributed by atoms with Crippen LogP contribution in [0.3, 0.4) is 0 Å². The van der Waals surface area contributed by atoms with Gasteiger partial charge in [0.05, 0.1) is 6.04 Å². The Kier molecular flexibility index (Phi) is 7.62. The predicted octanol–water partition coefficient (Wildman–Crippen LogP) is 0.0462. The largest absolute Gasteiger partial charge is 0.480 e. The van der Waals surface area contributed by atoms with Crippen molar-refractivity contribution in [1.29, 1.82) is 0 Å². The zero-order valence-electron chi connectivity index (χ0n) is 17.7. The van der Waals surface area contributed by atoms with Gasteiger partial charge in [0.1, 0.15) is 18.1 Å². The molecule has 9 heteroatoms. The summed E-state index contributed by atoms with van der Waals surface area (Å²) in [5.74, 6) is -2.18. The molecule has 4 atom stereocenters. The summed E-state index contributed by atoms with van der Waals surface area (Å²) < 4.78 is 0. The second-order valence-electron chi connectivity index (χ2n) is 8.16. The summed E-state index contributed by atoms with van der Waals surface area (Å²) >= 11 is 0. The van der Waals surface area contributed by atoms with E-state index >= 15 is 0 Å². The number of nitrogens with one attached hydrogen (secondary N) is 3. The molecule has 0 spiro atoms. The van der Waals surface area contributed by atoms with Crippen molar-refractivity contribution in [2.24, 2.45) is 0 Å². The number of amides is 3. The van der Waals surface area contributed by atoms with Crippen molar-refractivity contribution in [1.82, 2.24) is 20.9 Å². The van der Waals surface area contributed by atoms with Crippen LogP contribution in [0.2, 0.25) is 0 Å². The van der Waals surface area contributed by atoms with E-state index in [0.717, 1.165) is 18.5 Å². The van der Waals surface area contributed by atoms with Crippen LogP contribution < -0.4 is 16.0 Å². The summed E-state index contributed by atoms with van der Waals surface area (Å²) in [6, 6.07) is 6.40. The molecular weight excluding hydrogens is 400 g/mol. The van der Waals surface area contributed by atoms with Gasteiger partial charge in [-0.2, -0.15) is 0 Å². The van der Waals surface area contributed by atoms with E-state index in [2.05, 4.69) is 16.0 Å². The summed E-state index contributed by atoms with van der Waals surface area (Å²) in [7, 11) is 0. The smallest absolute Gasteiger partial charge is 0.326 e. The Morgan fingerprint density at radius 3 is 2.52 bits per heavy atom. The number of carbonyl (C=O) groups is 4. The van der Waals surface area contributed by atoms with Crippen molar-refractivity contribution in [3.63, 3.8) is 0 Å². The number of likely N-dealkylation sites (tertiary alicyclic amines) is 1. The number of carboxylic acids is 1. The van der Waals surface area contributed by atoms with Gasteiger partial charge in [0.25, 0.3) is 0 Å². The second kappa shape index (κ2) is 10.4. The molecule has 1 aromatic rings. The molecule has 3 amide bonds. The highest BCUT2D eigenvalue weighted by molar-refractivity contribution is 5.94. The van der Waals surface area contributed by atoms with Gasteiger partial charge in [-0.3, -0.25) is 14.4 Å². The first-order chi connectivity index (χ1) is 14.9. The molecule has 31 heavy (non-hydrogen) atoms. The zero-order valence-corrected chi connectivity index (χ0v) is 17.7. The number of nitrogens with zero attached hydrogens (tertiary/aromatic N) is 1. The molecule has 168 valence electrons. The fraction of sp³-hybridized carbons (Fsp3) is 0.545. The fourth-order valence-electron chi connectivity index (χ4n) is 4.15. The Morgan fingerprint density at radius 2 is 1.87 bits per heavy atom. The van der Waals surface area contributed by atoms with Crippen molar-refractivity contribution in [2.45, 2.75) is 63.2 Å². The molecule has 0 bridgehead atoms. The summed E-state index contributed by atoms with van der Waals surface area (Å²) in [6.45, 7) is 2.66. The summed E-state index contributed by atoms with van der Waals surface area (Å²) in [6.07, 6.45) is 2.92. The van der Waals surface area contributed by atoms with Crippen LogP contribution >= 0.6 is 0 Å². The maximum absolute atomic E-state index is 13.0. The van der Waals surface area contributed by atoms with Gasteiger partial charge in [-0.25, -0.2) is 4.79 Å². The highest BCUT2D eigenvalue weighted by Crippen LogP contribution is 2.18. The quantitative estimate of drug-likeness (QED) is 0.461. The van der Waals surface area contributed by atoms with E-state index < -0.39 is 35.9 Å². The van der Waals surface area contributed by atoms with Gasteiger partial charge in [-0.05, 0) is 44.7 Å². The van der Waals surface area contributed by atoms with E-state index in [4.69, 9.17) is 0 Å². The van der Waals surface area contributed by atoms with Crippen molar-refractivity contribution in [3.8, 4) is 0 Å². The third-order valence-electron chi connectivity index (χ3n) is 5.84. The molecule has 9 nitrogen and oxygen atoms in total. The fourth-order valence-corrected chi connectivity index (χ4v) is 4.15. The van der Waals surface area contributed by atoms with Crippen molar-refractivity contribution in [3.05, 3.63) is 35.9 Å². The van der Waals surface area contributed by atoms with Crippen LogP contribution in [-0.2, 0) is 25.6 Å². The Balaban J connectivity index is 1.67. The number of hydrogen-bond acceptors (Lipinski definition) is 5. The van der Waals surface area contributed by atoms with Gasteiger partial charge in [0.15, 0.2) is 0 Å². The van der Waals surface area contributed by atoms with Crippen LogP contribution in [0, 0.1) is 0 Å². The number of carboxylic acid groups (broad SMARTS) is 1. The van der Waals surface area contributed by atoms with Gasteiger partial charge in [0.2, 0.25) is 17.7 Å². The van der Waals surface area contributed by atoms with E-state index in [-0.39, 0.29) is 18.4 Å². The second-order valence-corrected chi connectivity index (χ2v) is 8.16. The van der Waals surface area contributed by atoms with Crippen LogP contribution in [0.5, 0.6) is 0 Å². The lowest BCUT2D eigenvalue weighted by Crippen LogP contribution is -2.56. The number of carbonyl (C=O) groups excluding carboxylic acids is 3. The van der Waals surface area contributed by atoms with Gasteiger partial charge >= 0.3 is 5.97 Å². The van der Waals surface area contributed by atoms with E-state index in [1.54, 1.807) is 0 Å². The Hall–Kier alpha value is -2.94. The minimum atomic E-state index is -1.04. The molecule has 0 aromatic heterocycles. The first kappa shape index (κ1) is 22.7. The molecule has 2 aliphatic heterocycles. The van der Waals surface area contributed by atoms with Crippen molar-refractivity contribution >= 4 is 23.7 Å². The SMILES string of the molecule is CC(NC(=O)C(Cc1ccccc1)NC(=O)C1CCCN1)C(=O)N1CCCC1C(=O)O. The first-order valence-electron chi connectivity index (χ1n) is 10.8. The Labute approximate surface area is 181 Å². The molecule has 4 unspecified atom stereocenters. The maximum Gasteiger partial charge on any atom is 0.326 e. The molecular formula is C22H30N4O5. The van der Waals surface area contributed by atoms with Crippen LogP contribution in [0.1, 0.15) is 38.2 Å². The summed E-state index contributed by atoms with van der Waals surface area (Å²) in [5, 5.41) is 17.9. The molecule has 2 fully saturated rings. The first-order valence-corrected chi connectivity index (χ1v) is 10.8. The van der Waals surface area contributed by atoms with E-state index in [1.165, 1.54) is 11.8 Å². The van der Waals surface area contributed by atoms with Crippen LogP contribution in [0.15, 0.2) is 30.3 Å². The minimum Gasteiger partial charge on any atom is -0.480 e. The van der Waals surface area contributed by atoms with Gasteiger partial charge in [-0.1, -0.05) is 30.3 Å². The lowest BCUT2D eigenvalue weighted by molar-refractivity contribution is -0.149. The Morgan fingerprint density at radius 1 is 1.13 bits per heavy atom. The molecule has 2 aliphatic rings. The molecule has 2 heterocycles. The summed E-state index contributed by atoms with van der Waals surface area (Å²) in [4.78, 5) is 51.1. The normalized spacial score (nSPS) is 22.5. The molecule has 0 radical (unpaired) electrons. The third-order valence-corrected chi connectivity index (χ3v) is 5.84. The Bertz CT molecular complexity index is 809. The minimum absolute atomic E-state index is 0.238. The summed E-state index contributed by atoms with van der Waals surface area (Å²) in [5.41, 5.74) is 0.881. The maximum atomic E-state index is 13.0. The molecule has 1 aromatic carbocycles. The number of benzene rings is 1. The van der Waals surface area contributed by atoms with Gasteiger partial charge in [-0.15, -0.1) is 0 Å². The molecule has 0 saturated carbocycles. The van der Waals surface area contributed by atoms with E-state index in [1.807, 2.05) is 30.3 Å². The lowest BCUT2D eigenvalue weighted by Gasteiger charge is -2.27. The monoisotopic (exact) mass is 430 g/mol. The highest BCUT2D eigenvalue weighted by atomic mass is 16.4. The van der Waals surface area contributed by atoms with Crippen molar-refractivity contribution in [2.75, 3.05) is 13.1 Å². The van der Waals surface area contributed by atoms with E-state index in [9.17, 15) is 24.3 Å². The molecule has 3 rings (SSSR count). The topological polar surface area (TPSA) is 128 Å². The predicted molar refractivity (Wildman–Crippen MR) is 113 cm³/mol. The molecule has 0 aliphatic carbocycles. The average molecular weight is 431 g/mol. The van der Waals surface area contributed by atoms with Crippen molar-refractivity contribution < 1.29 is 24.3 Å². The van der Waals surface area contributed by atoms with Crippen LogP contribution in [-0.4, -0.2) is 71.0 Å². The number of aliphatic carboxylic acids is 1. The molecule has 2 saturated heterocycles. The van der Waals surface area contributed by atoms with Crippen LogP contribution in [0.4, 0.5) is 0 Å². The van der Waals surface area contributed by atoms with Gasteiger partial charge < -0.3 is 26.0 Å². The average Bonchev–Trinajstić information content (AvgIpc) is 3.45. The third kappa shape index (κ3) is 5.81. The van der Waals surface area contributed by atoms with Gasteiger partial charge in [0, 0.05) is 13.0 Å². The highest BCUT2D eigenvalue weighted by Gasteiger charge is 2.37. The number of rotatable bonds is 8. The number of hydrogen-bond donors (Lipinski definition) is 4.